The van der Waals surface area contributed by atoms with E-state index in [-0.39, 0.29) is 29.6 Å². The number of carbonyl (C=O) groups is 1. The van der Waals surface area contributed by atoms with E-state index in [1.54, 1.807) is 0 Å². The van der Waals surface area contributed by atoms with Crippen molar-refractivity contribution in [2.75, 3.05) is 6.54 Å². The summed E-state index contributed by atoms with van der Waals surface area (Å²) in [7, 11) is 0. The molecule has 0 unspecified atom stereocenters. The zero-order valence-electron chi connectivity index (χ0n) is 11.3. The maximum Gasteiger partial charge on any atom is 1.00 e. The number of aliphatic carboxylic acids is 1. The van der Waals surface area contributed by atoms with Crippen molar-refractivity contribution in [3.8, 4) is 0 Å². The van der Waals surface area contributed by atoms with Gasteiger partial charge in [0.2, 0.25) is 0 Å². The molecule has 0 bridgehead atoms. The number of nitrogens with zero attached hydrogens (tertiary/aromatic N) is 1. The Kier molecular flexibility index (Phi) is 15.9. The van der Waals surface area contributed by atoms with Gasteiger partial charge in [-0.2, -0.15) is 0 Å². The SMILES string of the molecule is CCCCC/C=C/CCN=C([O-])/C=C/C(=O)O.[Na+]. The number of aliphatic imine (C=N–C) groups is 1. The van der Waals surface area contributed by atoms with Crippen LogP contribution in [0, 0.1) is 0 Å². The Balaban J connectivity index is 0. The van der Waals surface area contributed by atoms with Crippen LogP contribution in [0.3, 0.4) is 0 Å². The molecule has 5 heteroatoms. The Hall–Kier alpha value is -0.580. The second-order valence-electron chi connectivity index (χ2n) is 3.65. The van der Waals surface area contributed by atoms with Gasteiger partial charge in [-0.3, -0.25) is 0 Å². The van der Waals surface area contributed by atoms with Crippen LogP contribution in [0.5, 0.6) is 0 Å². The van der Waals surface area contributed by atoms with Crippen LogP contribution in [0.2, 0.25) is 0 Å². The third-order valence-electron chi connectivity index (χ3n) is 2.07. The molecule has 0 saturated heterocycles. The molecule has 0 aliphatic carbocycles. The predicted molar refractivity (Wildman–Crippen MR) is 67.0 cm³/mol. The van der Waals surface area contributed by atoms with Crippen LogP contribution in [-0.2, 0) is 4.79 Å². The van der Waals surface area contributed by atoms with E-state index in [2.05, 4.69) is 18.0 Å². The molecule has 0 aliphatic heterocycles. The zero-order chi connectivity index (χ0) is 12.9. The molecule has 0 fully saturated rings. The van der Waals surface area contributed by atoms with Gasteiger partial charge in [-0.05, 0) is 31.2 Å². The third kappa shape index (κ3) is 15.4. The van der Waals surface area contributed by atoms with Crippen LogP contribution in [-0.4, -0.2) is 23.5 Å². The van der Waals surface area contributed by atoms with Crippen molar-refractivity contribution >= 4 is 11.9 Å². The molecular weight excluding hydrogens is 241 g/mol. The summed E-state index contributed by atoms with van der Waals surface area (Å²) in [5.41, 5.74) is 0. The van der Waals surface area contributed by atoms with Crippen molar-refractivity contribution in [2.45, 2.75) is 39.0 Å². The number of hydrogen-bond acceptors (Lipinski definition) is 3. The van der Waals surface area contributed by atoms with Gasteiger partial charge in [-0.25, -0.2) is 4.79 Å². The van der Waals surface area contributed by atoms with Gasteiger partial charge in [0, 0.05) is 12.6 Å². The summed E-state index contributed by atoms with van der Waals surface area (Å²) in [5.74, 6) is -1.63. The minimum Gasteiger partial charge on any atom is -0.859 e. The first kappa shape index (κ1) is 19.8. The third-order valence-corrected chi connectivity index (χ3v) is 2.07. The normalized spacial score (nSPS) is 11.9. The quantitative estimate of drug-likeness (QED) is 0.143. The molecule has 0 saturated carbocycles. The first-order chi connectivity index (χ1) is 8.16. The van der Waals surface area contributed by atoms with E-state index < -0.39 is 11.9 Å². The van der Waals surface area contributed by atoms with Gasteiger partial charge in [0.15, 0.2) is 0 Å². The van der Waals surface area contributed by atoms with E-state index in [4.69, 9.17) is 5.11 Å². The molecule has 0 aliphatic rings. The van der Waals surface area contributed by atoms with Crippen LogP contribution < -0.4 is 34.7 Å². The summed E-state index contributed by atoms with van der Waals surface area (Å²) >= 11 is 0. The monoisotopic (exact) mass is 261 g/mol. The number of carboxylic acid groups (broad SMARTS) is 1. The van der Waals surface area contributed by atoms with Crippen LogP contribution in [0.4, 0.5) is 0 Å². The first-order valence-corrected chi connectivity index (χ1v) is 5.94. The van der Waals surface area contributed by atoms with Gasteiger partial charge in [0.25, 0.3) is 0 Å². The van der Waals surface area contributed by atoms with Crippen molar-refractivity contribution in [2.24, 2.45) is 4.99 Å². The molecule has 1 N–H and O–H groups in total. The van der Waals surface area contributed by atoms with E-state index in [1.807, 2.05) is 6.08 Å². The topological polar surface area (TPSA) is 72.7 Å². The molecule has 0 radical (unpaired) electrons. The molecule has 0 atom stereocenters. The van der Waals surface area contributed by atoms with E-state index in [9.17, 15) is 9.90 Å². The van der Waals surface area contributed by atoms with Crippen LogP contribution in [0.1, 0.15) is 39.0 Å². The van der Waals surface area contributed by atoms with Crippen molar-refractivity contribution in [3.05, 3.63) is 24.3 Å². The Morgan fingerprint density at radius 2 is 1.89 bits per heavy atom. The number of rotatable bonds is 9. The molecule has 0 aromatic carbocycles. The van der Waals surface area contributed by atoms with Crippen molar-refractivity contribution in [1.82, 2.24) is 0 Å². The molecule has 0 heterocycles. The fourth-order valence-electron chi connectivity index (χ4n) is 1.19. The van der Waals surface area contributed by atoms with Gasteiger partial charge in [-0.1, -0.05) is 31.9 Å². The minimum absolute atomic E-state index is 0. The summed E-state index contributed by atoms with van der Waals surface area (Å²) in [6, 6.07) is 0. The fourth-order valence-corrected chi connectivity index (χ4v) is 1.19. The molecule has 0 amide bonds. The molecular formula is C13H20NNaO3. The second kappa shape index (κ2) is 14.5. The smallest absolute Gasteiger partial charge is 0.859 e. The van der Waals surface area contributed by atoms with Crippen molar-refractivity contribution in [1.29, 1.82) is 0 Å². The molecule has 4 nitrogen and oxygen atoms in total. The molecule has 18 heavy (non-hydrogen) atoms. The molecule has 0 rings (SSSR count). The average Bonchev–Trinajstić information content (AvgIpc) is 2.30. The maximum absolute atomic E-state index is 11.0. The predicted octanol–water partition coefficient (Wildman–Crippen LogP) is -1.08. The van der Waals surface area contributed by atoms with Gasteiger partial charge >= 0.3 is 35.5 Å². The zero-order valence-corrected chi connectivity index (χ0v) is 13.3. The average molecular weight is 261 g/mol. The summed E-state index contributed by atoms with van der Waals surface area (Å²) in [5, 5.41) is 19.3. The van der Waals surface area contributed by atoms with Crippen LogP contribution in [0.15, 0.2) is 29.3 Å². The minimum atomic E-state index is -1.13. The fraction of sp³-hybridized carbons (Fsp3) is 0.538. The van der Waals surface area contributed by atoms with E-state index in [0.29, 0.717) is 6.54 Å². The maximum atomic E-state index is 11.0. The van der Waals surface area contributed by atoms with Gasteiger partial charge < -0.3 is 15.2 Å². The van der Waals surface area contributed by atoms with Gasteiger partial charge in [-0.15, -0.1) is 0 Å². The summed E-state index contributed by atoms with van der Waals surface area (Å²) in [6.07, 6.45) is 11.3. The standard InChI is InChI=1S/C13H21NO3.Na/c1-2-3-4-5-6-7-8-11-14-12(15)9-10-13(16)17;/h6-7,9-10H,2-5,8,11H2,1H3,(H,14,15)(H,16,17);/q;+1/p-1/b7-6+,10-9+;. The Morgan fingerprint density at radius 3 is 2.50 bits per heavy atom. The summed E-state index contributed by atoms with van der Waals surface area (Å²) < 4.78 is 0. The Bertz CT molecular complexity index is 299. The number of carboxylic acids is 1. The molecule has 0 spiro atoms. The number of unbranched alkanes of at least 4 members (excludes halogenated alkanes) is 3. The largest absolute Gasteiger partial charge is 1.00 e. The van der Waals surface area contributed by atoms with Crippen molar-refractivity contribution in [3.63, 3.8) is 0 Å². The van der Waals surface area contributed by atoms with Gasteiger partial charge in [0.05, 0.1) is 0 Å². The molecule has 0 aromatic rings. The first-order valence-electron chi connectivity index (χ1n) is 5.94. The van der Waals surface area contributed by atoms with Crippen LogP contribution >= 0.6 is 0 Å². The molecule has 0 aromatic heterocycles. The summed E-state index contributed by atoms with van der Waals surface area (Å²) in [6.45, 7) is 2.58. The number of allylic oxidation sites excluding steroid dienone is 1. The second-order valence-corrected chi connectivity index (χ2v) is 3.65. The van der Waals surface area contributed by atoms with E-state index in [1.165, 1.54) is 19.3 Å². The van der Waals surface area contributed by atoms with Crippen LogP contribution in [0.25, 0.3) is 0 Å². The van der Waals surface area contributed by atoms with E-state index >= 15 is 0 Å². The van der Waals surface area contributed by atoms with Crippen molar-refractivity contribution < 1.29 is 44.6 Å². The summed E-state index contributed by atoms with van der Waals surface area (Å²) in [4.78, 5) is 13.8. The Morgan fingerprint density at radius 1 is 1.22 bits per heavy atom. The number of hydrogen-bond donors (Lipinski definition) is 1. The Labute approximate surface area is 131 Å². The molecule has 96 valence electrons. The van der Waals surface area contributed by atoms with E-state index in [0.717, 1.165) is 25.0 Å². The van der Waals surface area contributed by atoms with Gasteiger partial charge in [0.1, 0.15) is 0 Å².